The highest BCUT2D eigenvalue weighted by atomic mass is 16.8. The summed E-state index contributed by atoms with van der Waals surface area (Å²) in [5, 5.41) is 119. The fraction of sp³-hybridized carbons (Fsp3) is 0.961. The second-order valence-corrected chi connectivity index (χ2v) is 23.9. The first-order chi connectivity index (χ1) is 34.1. The molecule has 0 aromatic carbocycles. The van der Waals surface area contributed by atoms with Crippen molar-refractivity contribution < 1.29 is 104 Å². The minimum Gasteiger partial charge on any atom is -0.394 e. The molecule has 1 spiro atoms. The fourth-order valence-electron chi connectivity index (χ4n) is 15.5. The van der Waals surface area contributed by atoms with Crippen LogP contribution in [-0.4, -0.2) is 217 Å². The van der Waals surface area contributed by atoms with E-state index in [1.807, 2.05) is 0 Å². The van der Waals surface area contributed by atoms with E-state index < -0.39 is 148 Å². The van der Waals surface area contributed by atoms with Crippen molar-refractivity contribution in [3.05, 3.63) is 11.6 Å². The standard InChI is InChI=1S/C51H82O21/c1-20-9-14-51(63-19-20)21(2)32-29(72-51)16-28-26-8-7-24-15-25(10-12-49(24,5)27(26)11-13-50(28,32)6)66-48-41(62)44(71-45-38(59)36(57)33(54)22(3)64-45)42(31(18-53)68-48)69-47-40(61)43(34(55)23(4)65-47)70-46-39(60)37(58)35(56)30(17-52)67-46/h7,20-23,25-48,52-62H,8-19H2,1-6H3/t20-,21+,22+,23+,25+,26-,27+,28+,29-,30-,31-,32+,33+,34+,35-,36-,37+,38-,39-,40-,41-,42-,43-,44-,45+,46+,47+,48-,49+,50+,51-/m1/s1. The van der Waals surface area contributed by atoms with E-state index in [2.05, 4.69) is 33.8 Å². The molecule has 10 rings (SSSR count). The summed E-state index contributed by atoms with van der Waals surface area (Å²) in [6.45, 7) is 11.7. The van der Waals surface area contributed by atoms with Crippen LogP contribution < -0.4 is 0 Å². The van der Waals surface area contributed by atoms with Gasteiger partial charge < -0.3 is 104 Å². The Morgan fingerprint density at radius 3 is 1.86 bits per heavy atom. The van der Waals surface area contributed by atoms with Crippen molar-refractivity contribution in [2.24, 2.45) is 46.3 Å². The molecule has 6 saturated heterocycles. The molecule has 9 fully saturated rings. The average molecular weight is 1030 g/mol. The van der Waals surface area contributed by atoms with E-state index in [1.54, 1.807) is 0 Å². The summed E-state index contributed by atoms with van der Waals surface area (Å²) in [6.07, 6.45) is -21.2. The number of aliphatic hydroxyl groups is 11. The van der Waals surface area contributed by atoms with Gasteiger partial charge in [0.2, 0.25) is 0 Å². The van der Waals surface area contributed by atoms with Crippen molar-refractivity contribution in [1.29, 1.82) is 0 Å². The van der Waals surface area contributed by atoms with Gasteiger partial charge in [0.15, 0.2) is 30.9 Å². The van der Waals surface area contributed by atoms with Crippen LogP contribution in [0.3, 0.4) is 0 Å². The molecule has 0 aromatic heterocycles. The van der Waals surface area contributed by atoms with Crippen LogP contribution in [0.25, 0.3) is 0 Å². The van der Waals surface area contributed by atoms with Gasteiger partial charge >= 0.3 is 0 Å². The summed E-state index contributed by atoms with van der Waals surface area (Å²) in [4.78, 5) is 0. The average Bonchev–Trinajstić information content (AvgIpc) is 3.81. The van der Waals surface area contributed by atoms with Gasteiger partial charge in [-0.15, -0.1) is 0 Å². The zero-order valence-corrected chi connectivity index (χ0v) is 42.2. The first-order valence-corrected chi connectivity index (χ1v) is 26.7. The van der Waals surface area contributed by atoms with Crippen LogP contribution in [0.2, 0.25) is 0 Å². The number of hydrogen-bond acceptors (Lipinski definition) is 21. The highest BCUT2D eigenvalue weighted by Gasteiger charge is 2.69. The Morgan fingerprint density at radius 2 is 1.18 bits per heavy atom. The molecular formula is C51H82O21. The zero-order chi connectivity index (χ0) is 51.5. The van der Waals surface area contributed by atoms with Crippen molar-refractivity contribution in [3.63, 3.8) is 0 Å². The Bertz CT molecular complexity index is 1900. The van der Waals surface area contributed by atoms with E-state index in [-0.39, 0.29) is 16.9 Å². The minimum atomic E-state index is -1.90. The van der Waals surface area contributed by atoms with Gasteiger partial charge in [-0.3, -0.25) is 0 Å². The highest BCUT2D eigenvalue weighted by molar-refractivity contribution is 5.26. The van der Waals surface area contributed by atoms with Gasteiger partial charge in [-0.25, -0.2) is 0 Å². The molecule has 3 saturated carbocycles. The molecular weight excluding hydrogens is 949 g/mol. The van der Waals surface area contributed by atoms with Crippen LogP contribution in [0.15, 0.2) is 11.6 Å². The number of fused-ring (bicyclic) bond motifs is 7. The number of hydrogen-bond donors (Lipinski definition) is 11. The van der Waals surface area contributed by atoms with Gasteiger partial charge in [-0.05, 0) is 106 Å². The van der Waals surface area contributed by atoms with Crippen LogP contribution in [0.4, 0.5) is 0 Å². The van der Waals surface area contributed by atoms with E-state index >= 15 is 0 Å². The lowest BCUT2D eigenvalue weighted by Gasteiger charge is -2.58. The molecule has 6 heterocycles. The molecule has 412 valence electrons. The van der Waals surface area contributed by atoms with E-state index in [0.717, 1.165) is 51.6 Å². The normalized spacial score (nSPS) is 57.8. The van der Waals surface area contributed by atoms with Crippen LogP contribution in [0.1, 0.15) is 99.3 Å². The molecule has 0 aromatic rings. The molecule has 6 aliphatic heterocycles. The molecule has 72 heavy (non-hydrogen) atoms. The third kappa shape index (κ3) is 9.09. The molecule has 0 amide bonds. The maximum absolute atomic E-state index is 12.3. The largest absolute Gasteiger partial charge is 0.394 e. The van der Waals surface area contributed by atoms with Gasteiger partial charge in [0.05, 0.1) is 44.2 Å². The van der Waals surface area contributed by atoms with Crippen LogP contribution in [-0.2, 0) is 47.4 Å². The maximum Gasteiger partial charge on any atom is 0.187 e. The Hall–Kier alpha value is -1.10. The van der Waals surface area contributed by atoms with Crippen molar-refractivity contribution in [2.75, 3.05) is 19.8 Å². The van der Waals surface area contributed by atoms with Crippen LogP contribution >= 0.6 is 0 Å². The van der Waals surface area contributed by atoms with Gasteiger partial charge in [-0.1, -0.05) is 39.3 Å². The Balaban J connectivity index is 0.848. The molecule has 4 aliphatic carbocycles. The first-order valence-electron chi connectivity index (χ1n) is 26.7. The molecule has 0 bridgehead atoms. The number of ether oxygens (including phenoxy) is 10. The predicted molar refractivity (Wildman–Crippen MR) is 245 cm³/mol. The number of allylic oxidation sites excluding steroid dienone is 1. The third-order valence-corrected chi connectivity index (χ3v) is 19.8. The van der Waals surface area contributed by atoms with E-state index in [1.165, 1.54) is 19.4 Å². The summed E-state index contributed by atoms with van der Waals surface area (Å²) in [5.41, 5.74) is 1.42. The lowest BCUT2D eigenvalue weighted by molar-refractivity contribution is -0.395. The van der Waals surface area contributed by atoms with Gasteiger partial charge in [0.25, 0.3) is 0 Å². The smallest absolute Gasteiger partial charge is 0.187 e. The minimum absolute atomic E-state index is 0.0607. The van der Waals surface area contributed by atoms with Crippen molar-refractivity contribution in [1.82, 2.24) is 0 Å². The summed E-state index contributed by atoms with van der Waals surface area (Å²) in [6, 6.07) is 0. The predicted octanol–water partition coefficient (Wildman–Crippen LogP) is -0.934. The quantitative estimate of drug-likeness (QED) is 0.118. The molecule has 31 atom stereocenters. The Morgan fingerprint density at radius 1 is 0.583 bits per heavy atom. The Kier molecular flexibility index (Phi) is 15.5. The molecule has 10 aliphatic rings. The van der Waals surface area contributed by atoms with E-state index in [9.17, 15) is 56.2 Å². The lowest BCUT2D eigenvalue weighted by Crippen LogP contribution is -2.67. The van der Waals surface area contributed by atoms with Gasteiger partial charge in [0, 0.05) is 12.3 Å². The molecule has 0 radical (unpaired) electrons. The highest BCUT2D eigenvalue weighted by Crippen LogP contribution is 2.71. The first kappa shape index (κ1) is 54.3. The topological polar surface area (TPSA) is 315 Å². The van der Waals surface area contributed by atoms with Crippen molar-refractivity contribution in [2.45, 2.75) is 240 Å². The van der Waals surface area contributed by atoms with Gasteiger partial charge in [-0.2, -0.15) is 0 Å². The third-order valence-electron chi connectivity index (χ3n) is 19.8. The van der Waals surface area contributed by atoms with Crippen LogP contribution in [0, 0.1) is 46.3 Å². The van der Waals surface area contributed by atoms with Crippen molar-refractivity contribution in [3.8, 4) is 0 Å². The summed E-state index contributed by atoms with van der Waals surface area (Å²) < 4.78 is 62.0. The maximum atomic E-state index is 12.3. The molecule has 21 heteroatoms. The summed E-state index contributed by atoms with van der Waals surface area (Å²) >= 11 is 0. The summed E-state index contributed by atoms with van der Waals surface area (Å²) in [5.74, 6) is 2.43. The molecule has 21 nitrogen and oxygen atoms in total. The fourth-order valence-corrected chi connectivity index (χ4v) is 15.5. The molecule has 11 N–H and O–H groups in total. The SMILES string of the molecule is C[C@@H]1CC[C@@]2(OC1)O[C@@H]1C[C@H]3[C@@H]4CC=C5C[C@@H](O[C@@H]6O[C@H](CO)[C@@H](O[C@@H]7O[C@@H](C)[C@H](O)[C@@H](O[C@@H]8O[C@H](CO)[C@@H](O)[C@H](O)[C@H]8O)[C@H]7O)[C@H](O[C@@H]7O[C@@H](C)[C@H](O)[C@@H](O)[C@H]7O)[C@H]6O)CC[C@]5(C)[C@H]4CC[C@]3(C)[C@H]1[C@@H]2C. The number of aliphatic hydroxyl groups excluding tert-OH is 11. The summed E-state index contributed by atoms with van der Waals surface area (Å²) in [7, 11) is 0. The second-order valence-electron chi connectivity index (χ2n) is 23.9. The monoisotopic (exact) mass is 1030 g/mol. The van der Waals surface area contributed by atoms with E-state index in [4.69, 9.17) is 47.4 Å². The van der Waals surface area contributed by atoms with Gasteiger partial charge in [0.1, 0.15) is 85.5 Å². The number of rotatable bonds is 10. The Labute approximate surface area is 420 Å². The molecule has 0 unspecified atom stereocenters. The van der Waals surface area contributed by atoms with E-state index in [0.29, 0.717) is 48.3 Å². The van der Waals surface area contributed by atoms with Crippen molar-refractivity contribution >= 4 is 0 Å². The lowest BCUT2D eigenvalue weighted by atomic mass is 9.47. The second kappa shape index (κ2) is 20.6. The van der Waals surface area contributed by atoms with Crippen LogP contribution in [0.5, 0.6) is 0 Å². The zero-order valence-electron chi connectivity index (χ0n) is 42.2.